The molecule has 0 radical (unpaired) electrons. The molecule has 4 aromatic rings. The second kappa shape index (κ2) is 12.9. The van der Waals surface area contributed by atoms with Crippen molar-refractivity contribution in [2.24, 2.45) is 0 Å². The van der Waals surface area contributed by atoms with E-state index < -0.39 is 0 Å². The van der Waals surface area contributed by atoms with Gasteiger partial charge in [0.15, 0.2) is 5.16 Å². The van der Waals surface area contributed by atoms with E-state index in [0.717, 1.165) is 24.8 Å². The van der Waals surface area contributed by atoms with Crippen molar-refractivity contribution in [3.63, 3.8) is 0 Å². The van der Waals surface area contributed by atoms with Crippen LogP contribution in [0, 0.1) is 0 Å². The van der Waals surface area contributed by atoms with Gasteiger partial charge in [-0.15, -0.1) is 0 Å². The van der Waals surface area contributed by atoms with Gasteiger partial charge in [-0.3, -0.25) is 19.0 Å². The minimum atomic E-state index is -0.190. The summed E-state index contributed by atoms with van der Waals surface area (Å²) in [5, 5.41) is 6.71. The highest BCUT2D eigenvalue weighted by atomic mass is 32.2. The van der Waals surface area contributed by atoms with Gasteiger partial charge in [0.25, 0.3) is 11.5 Å². The minimum Gasteiger partial charge on any atom is -0.467 e. The summed E-state index contributed by atoms with van der Waals surface area (Å²) < 4.78 is 6.82. The van der Waals surface area contributed by atoms with Crippen molar-refractivity contribution in [2.75, 3.05) is 12.3 Å². The number of carbonyl (C=O) groups is 2. The average molecular weight is 519 g/mol. The lowest BCUT2D eigenvalue weighted by Gasteiger charge is -2.14. The van der Waals surface area contributed by atoms with E-state index >= 15 is 0 Å². The van der Waals surface area contributed by atoms with E-state index in [4.69, 9.17) is 4.42 Å². The molecule has 0 aliphatic heterocycles. The monoisotopic (exact) mass is 518 g/mol. The summed E-state index contributed by atoms with van der Waals surface area (Å²) in [5.74, 6) is 0.466. The third-order valence-corrected chi connectivity index (χ3v) is 6.80. The fourth-order valence-electron chi connectivity index (χ4n) is 3.80. The highest BCUT2D eigenvalue weighted by Gasteiger charge is 2.14. The number of amides is 2. The number of thioether (sulfide) groups is 1. The van der Waals surface area contributed by atoms with E-state index in [0.29, 0.717) is 40.5 Å². The van der Waals surface area contributed by atoms with E-state index in [2.05, 4.69) is 22.5 Å². The molecule has 37 heavy (non-hydrogen) atoms. The molecule has 0 bridgehead atoms. The quantitative estimate of drug-likeness (QED) is 0.164. The van der Waals surface area contributed by atoms with Crippen molar-refractivity contribution >= 4 is 34.5 Å². The summed E-state index contributed by atoms with van der Waals surface area (Å²) in [5.41, 5.74) is 1.83. The Morgan fingerprint density at radius 1 is 1.00 bits per heavy atom. The molecule has 9 heteroatoms. The molecule has 4 rings (SSSR count). The number of nitrogens with one attached hydrogen (secondary N) is 2. The van der Waals surface area contributed by atoms with Crippen molar-refractivity contribution in [2.45, 2.75) is 44.4 Å². The van der Waals surface area contributed by atoms with Gasteiger partial charge in [0.05, 0.1) is 36.0 Å². The van der Waals surface area contributed by atoms with Crippen LogP contribution >= 0.6 is 11.8 Å². The van der Waals surface area contributed by atoms with Crippen LogP contribution in [-0.4, -0.2) is 33.7 Å². The lowest BCUT2D eigenvalue weighted by Crippen LogP contribution is -2.27. The molecule has 2 N–H and O–H groups in total. The second-order valence-corrected chi connectivity index (χ2v) is 9.55. The van der Waals surface area contributed by atoms with Gasteiger partial charge in [-0.1, -0.05) is 55.8 Å². The Kier molecular flexibility index (Phi) is 9.15. The first-order valence-electron chi connectivity index (χ1n) is 12.3. The summed E-state index contributed by atoms with van der Waals surface area (Å²) in [6.07, 6.45) is 4.70. The minimum absolute atomic E-state index is 0.0998. The summed E-state index contributed by atoms with van der Waals surface area (Å²) in [6, 6.07) is 17.9. The molecule has 0 saturated heterocycles. The van der Waals surface area contributed by atoms with Gasteiger partial charge in [-0.2, -0.15) is 0 Å². The van der Waals surface area contributed by atoms with E-state index in [1.54, 1.807) is 53.3 Å². The van der Waals surface area contributed by atoms with Crippen LogP contribution in [0.15, 0.2) is 81.3 Å². The molecular formula is C28H30N4O4S. The third-order valence-electron chi connectivity index (χ3n) is 5.82. The highest BCUT2D eigenvalue weighted by Crippen LogP contribution is 2.19. The summed E-state index contributed by atoms with van der Waals surface area (Å²) >= 11 is 1.21. The highest BCUT2D eigenvalue weighted by molar-refractivity contribution is 7.99. The van der Waals surface area contributed by atoms with Gasteiger partial charge in [0, 0.05) is 12.1 Å². The molecular weight excluding hydrogens is 488 g/mol. The molecule has 2 aromatic heterocycles. The number of hydrogen-bond donors (Lipinski definition) is 2. The lowest BCUT2D eigenvalue weighted by molar-refractivity contribution is -0.118. The molecule has 0 aliphatic rings. The SMILES string of the molecule is CCCCCNC(=O)c1ccc(Cn2c(SCC(=O)NCc3ccco3)nc3ccccc3c2=O)cc1. The van der Waals surface area contributed by atoms with Gasteiger partial charge < -0.3 is 15.1 Å². The summed E-state index contributed by atoms with van der Waals surface area (Å²) in [4.78, 5) is 42.8. The zero-order valence-corrected chi connectivity index (χ0v) is 21.6. The Balaban J connectivity index is 1.48. The number of para-hydroxylation sites is 1. The van der Waals surface area contributed by atoms with Crippen LogP contribution in [0.5, 0.6) is 0 Å². The molecule has 8 nitrogen and oxygen atoms in total. The maximum atomic E-state index is 13.4. The molecule has 2 amide bonds. The van der Waals surface area contributed by atoms with Gasteiger partial charge in [0.2, 0.25) is 5.91 Å². The smallest absolute Gasteiger partial charge is 0.262 e. The van der Waals surface area contributed by atoms with Crippen LogP contribution in [0.25, 0.3) is 10.9 Å². The Morgan fingerprint density at radius 2 is 1.81 bits per heavy atom. The lowest BCUT2D eigenvalue weighted by atomic mass is 10.1. The maximum absolute atomic E-state index is 13.4. The number of unbranched alkanes of at least 4 members (excludes halogenated alkanes) is 2. The zero-order valence-electron chi connectivity index (χ0n) is 20.7. The maximum Gasteiger partial charge on any atom is 0.262 e. The zero-order chi connectivity index (χ0) is 26.0. The largest absolute Gasteiger partial charge is 0.467 e. The van der Waals surface area contributed by atoms with Crippen LogP contribution < -0.4 is 16.2 Å². The molecule has 2 heterocycles. The van der Waals surface area contributed by atoms with Crippen LogP contribution in [0.1, 0.15) is 47.9 Å². The molecule has 192 valence electrons. The fourth-order valence-corrected chi connectivity index (χ4v) is 4.63. The Morgan fingerprint density at radius 3 is 2.57 bits per heavy atom. The van der Waals surface area contributed by atoms with E-state index in [1.165, 1.54) is 11.8 Å². The average Bonchev–Trinajstić information content (AvgIpc) is 3.45. The number of hydrogen-bond acceptors (Lipinski definition) is 6. The van der Waals surface area contributed by atoms with Crippen molar-refractivity contribution < 1.29 is 14.0 Å². The van der Waals surface area contributed by atoms with Gasteiger partial charge in [-0.25, -0.2) is 4.98 Å². The van der Waals surface area contributed by atoms with Crippen LogP contribution in [0.4, 0.5) is 0 Å². The number of aromatic nitrogens is 2. The van der Waals surface area contributed by atoms with E-state index in [-0.39, 0.29) is 29.7 Å². The van der Waals surface area contributed by atoms with E-state index in [9.17, 15) is 14.4 Å². The Bertz CT molecular complexity index is 1400. The van der Waals surface area contributed by atoms with Gasteiger partial charge in [-0.05, 0) is 48.4 Å². The molecule has 0 fully saturated rings. The third kappa shape index (κ3) is 7.10. The number of carbonyl (C=O) groups excluding carboxylic acids is 2. The molecule has 0 atom stereocenters. The summed E-state index contributed by atoms with van der Waals surface area (Å²) in [6.45, 7) is 3.34. The van der Waals surface area contributed by atoms with Crippen molar-refractivity contribution in [3.05, 3.63) is 94.2 Å². The van der Waals surface area contributed by atoms with E-state index in [1.807, 2.05) is 18.2 Å². The Labute approximate surface area is 219 Å². The second-order valence-electron chi connectivity index (χ2n) is 8.61. The van der Waals surface area contributed by atoms with Crippen LogP contribution in [0.2, 0.25) is 0 Å². The van der Waals surface area contributed by atoms with Crippen LogP contribution in [-0.2, 0) is 17.9 Å². The van der Waals surface area contributed by atoms with Gasteiger partial charge in [0.1, 0.15) is 5.76 Å². The van der Waals surface area contributed by atoms with Crippen LogP contribution in [0.3, 0.4) is 0 Å². The molecule has 0 aliphatic carbocycles. The topological polar surface area (TPSA) is 106 Å². The fraction of sp³-hybridized carbons (Fsp3) is 0.286. The van der Waals surface area contributed by atoms with Crippen molar-refractivity contribution in [1.82, 2.24) is 20.2 Å². The number of furan rings is 1. The first kappa shape index (κ1) is 26.2. The van der Waals surface area contributed by atoms with Crippen molar-refractivity contribution in [3.8, 4) is 0 Å². The first-order valence-corrected chi connectivity index (χ1v) is 13.3. The van der Waals surface area contributed by atoms with Gasteiger partial charge >= 0.3 is 0 Å². The standard InChI is InChI=1S/C28H30N4O4S/c1-2-3-6-15-29-26(34)21-13-11-20(12-14-21)18-32-27(35)23-9-4-5-10-24(23)31-28(32)37-19-25(33)30-17-22-8-7-16-36-22/h4-5,7-14,16H,2-3,6,15,17-19H2,1H3,(H,29,34)(H,30,33). The van der Waals surface area contributed by atoms with Crippen molar-refractivity contribution in [1.29, 1.82) is 0 Å². The number of nitrogens with zero attached hydrogens (tertiary/aromatic N) is 2. The predicted octanol–water partition coefficient (Wildman–Crippen LogP) is 4.37. The predicted molar refractivity (Wildman–Crippen MR) is 145 cm³/mol. The molecule has 0 saturated carbocycles. The summed E-state index contributed by atoms with van der Waals surface area (Å²) in [7, 11) is 0. The molecule has 0 unspecified atom stereocenters. The number of fused-ring (bicyclic) bond motifs is 1. The normalized spacial score (nSPS) is 10.9. The Hall–Kier alpha value is -3.85. The molecule has 2 aromatic carbocycles. The molecule has 0 spiro atoms. The first-order chi connectivity index (χ1) is 18.0. The number of benzene rings is 2. The number of rotatable bonds is 12.